The van der Waals surface area contributed by atoms with Gasteiger partial charge < -0.3 is 4.90 Å². The first kappa shape index (κ1) is 13.6. The molecule has 0 N–H and O–H groups in total. The molecule has 18 heavy (non-hydrogen) atoms. The summed E-state index contributed by atoms with van der Waals surface area (Å²) in [5.41, 5.74) is 0. The normalized spacial score (nSPS) is 21.2. The lowest BCUT2D eigenvalue weighted by Gasteiger charge is -2.22. The fourth-order valence-corrected chi connectivity index (χ4v) is 2.92. The third-order valence-electron chi connectivity index (χ3n) is 3.83. The minimum Gasteiger partial charge on any atom is -0.356 e. The zero-order valence-corrected chi connectivity index (χ0v) is 12.2. The second kappa shape index (κ2) is 5.87. The van der Waals surface area contributed by atoms with Crippen LogP contribution in [0.4, 0.5) is 5.82 Å². The van der Waals surface area contributed by atoms with Crippen LogP contribution < -0.4 is 4.90 Å². The van der Waals surface area contributed by atoms with E-state index in [1.165, 1.54) is 19.3 Å². The SMILES string of the molecule is Cc1nc(Cl)cc(N2CCCC(C(C)C)CC2)n1. The van der Waals surface area contributed by atoms with Gasteiger partial charge in [0.05, 0.1) is 0 Å². The Labute approximate surface area is 115 Å². The molecule has 0 saturated carbocycles. The molecule has 1 unspecified atom stereocenters. The summed E-state index contributed by atoms with van der Waals surface area (Å²) in [4.78, 5) is 11.0. The topological polar surface area (TPSA) is 29.0 Å². The van der Waals surface area contributed by atoms with Crippen LogP contribution in [0.5, 0.6) is 0 Å². The Hall–Kier alpha value is -0.830. The maximum atomic E-state index is 6.01. The summed E-state index contributed by atoms with van der Waals surface area (Å²) in [6.07, 6.45) is 3.81. The van der Waals surface area contributed by atoms with Gasteiger partial charge in [-0.3, -0.25) is 0 Å². The zero-order valence-electron chi connectivity index (χ0n) is 11.5. The van der Waals surface area contributed by atoms with E-state index in [1.807, 2.05) is 13.0 Å². The van der Waals surface area contributed by atoms with Crippen LogP contribution in [-0.4, -0.2) is 23.1 Å². The van der Waals surface area contributed by atoms with Crippen LogP contribution in [0.1, 0.15) is 38.9 Å². The molecule has 4 heteroatoms. The minimum atomic E-state index is 0.544. The lowest BCUT2D eigenvalue weighted by molar-refractivity contribution is 0.351. The van der Waals surface area contributed by atoms with Crippen molar-refractivity contribution in [2.24, 2.45) is 11.8 Å². The van der Waals surface area contributed by atoms with Crippen molar-refractivity contribution in [2.45, 2.75) is 40.0 Å². The van der Waals surface area contributed by atoms with Crippen LogP contribution in [0.3, 0.4) is 0 Å². The molecule has 0 radical (unpaired) electrons. The number of nitrogens with zero attached hydrogens (tertiary/aromatic N) is 3. The standard InChI is InChI=1S/C14H22ClN3/c1-10(2)12-5-4-7-18(8-6-12)14-9-13(15)16-11(3)17-14/h9-10,12H,4-8H2,1-3H3. The van der Waals surface area contributed by atoms with Crippen LogP contribution in [-0.2, 0) is 0 Å². The van der Waals surface area contributed by atoms with Crippen LogP contribution in [0.15, 0.2) is 6.07 Å². The minimum absolute atomic E-state index is 0.544. The van der Waals surface area contributed by atoms with Crippen LogP contribution in [0.2, 0.25) is 5.15 Å². The van der Waals surface area contributed by atoms with Crippen molar-refractivity contribution in [3.63, 3.8) is 0 Å². The van der Waals surface area contributed by atoms with E-state index in [2.05, 4.69) is 28.7 Å². The third kappa shape index (κ3) is 3.35. The average Bonchev–Trinajstić information content (AvgIpc) is 2.52. The highest BCUT2D eigenvalue weighted by Gasteiger charge is 2.20. The van der Waals surface area contributed by atoms with Crippen molar-refractivity contribution in [3.8, 4) is 0 Å². The zero-order chi connectivity index (χ0) is 13.1. The number of rotatable bonds is 2. The van der Waals surface area contributed by atoms with Gasteiger partial charge in [-0.05, 0) is 38.0 Å². The highest BCUT2D eigenvalue weighted by atomic mass is 35.5. The average molecular weight is 268 g/mol. The van der Waals surface area contributed by atoms with Crippen molar-refractivity contribution >= 4 is 17.4 Å². The Balaban J connectivity index is 2.09. The molecule has 0 amide bonds. The van der Waals surface area contributed by atoms with E-state index < -0.39 is 0 Å². The lowest BCUT2D eigenvalue weighted by atomic mass is 9.89. The number of hydrogen-bond donors (Lipinski definition) is 0. The van der Waals surface area contributed by atoms with E-state index in [1.54, 1.807) is 0 Å². The van der Waals surface area contributed by atoms with Gasteiger partial charge in [-0.25, -0.2) is 9.97 Å². The van der Waals surface area contributed by atoms with Gasteiger partial charge in [0.1, 0.15) is 16.8 Å². The Kier molecular flexibility index (Phi) is 4.44. The molecule has 1 aromatic heterocycles. The van der Waals surface area contributed by atoms with Gasteiger partial charge in [-0.2, -0.15) is 0 Å². The lowest BCUT2D eigenvalue weighted by Crippen LogP contribution is -2.25. The van der Waals surface area contributed by atoms with Crippen LogP contribution >= 0.6 is 11.6 Å². The Morgan fingerprint density at radius 2 is 2.06 bits per heavy atom. The Morgan fingerprint density at radius 3 is 2.72 bits per heavy atom. The maximum absolute atomic E-state index is 6.01. The summed E-state index contributed by atoms with van der Waals surface area (Å²) in [5.74, 6) is 3.35. The number of anilines is 1. The highest BCUT2D eigenvalue weighted by molar-refractivity contribution is 6.29. The van der Waals surface area contributed by atoms with Gasteiger partial charge in [0.15, 0.2) is 0 Å². The second-order valence-electron chi connectivity index (χ2n) is 5.52. The van der Waals surface area contributed by atoms with Crippen molar-refractivity contribution in [3.05, 3.63) is 17.0 Å². The molecule has 1 atom stereocenters. The van der Waals surface area contributed by atoms with E-state index in [-0.39, 0.29) is 0 Å². The molecule has 1 saturated heterocycles. The molecule has 1 aliphatic heterocycles. The first-order valence-electron chi connectivity index (χ1n) is 6.82. The molecule has 0 spiro atoms. The van der Waals surface area contributed by atoms with Gasteiger partial charge in [0.2, 0.25) is 0 Å². The summed E-state index contributed by atoms with van der Waals surface area (Å²) in [7, 11) is 0. The molecule has 3 nitrogen and oxygen atoms in total. The van der Waals surface area contributed by atoms with E-state index >= 15 is 0 Å². The number of aryl methyl sites for hydroxylation is 1. The van der Waals surface area contributed by atoms with E-state index in [9.17, 15) is 0 Å². The molecule has 0 aliphatic carbocycles. The largest absolute Gasteiger partial charge is 0.356 e. The highest BCUT2D eigenvalue weighted by Crippen LogP contribution is 2.27. The second-order valence-corrected chi connectivity index (χ2v) is 5.91. The van der Waals surface area contributed by atoms with Crippen LogP contribution in [0, 0.1) is 18.8 Å². The summed E-state index contributed by atoms with van der Waals surface area (Å²) in [6.45, 7) is 8.70. The molecule has 100 valence electrons. The molecule has 1 aliphatic rings. The summed E-state index contributed by atoms with van der Waals surface area (Å²) in [6, 6.07) is 1.88. The Bertz CT molecular complexity index is 386. The quantitative estimate of drug-likeness (QED) is 0.765. The predicted octanol–water partition coefficient (Wildman–Crippen LogP) is 3.70. The fraction of sp³-hybridized carbons (Fsp3) is 0.714. The summed E-state index contributed by atoms with van der Waals surface area (Å²) < 4.78 is 0. The molecule has 0 bridgehead atoms. The van der Waals surface area contributed by atoms with E-state index in [4.69, 9.17) is 11.6 Å². The van der Waals surface area contributed by atoms with Gasteiger partial charge in [0, 0.05) is 19.2 Å². The summed E-state index contributed by atoms with van der Waals surface area (Å²) in [5, 5.41) is 0.544. The van der Waals surface area contributed by atoms with Crippen LogP contribution in [0.25, 0.3) is 0 Å². The molecule has 0 aromatic carbocycles. The smallest absolute Gasteiger partial charge is 0.134 e. The predicted molar refractivity (Wildman–Crippen MR) is 76.2 cm³/mol. The molecule has 1 aromatic rings. The molecule has 1 fully saturated rings. The van der Waals surface area contributed by atoms with Crippen molar-refractivity contribution in [1.29, 1.82) is 0 Å². The van der Waals surface area contributed by atoms with E-state index in [0.717, 1.165) is 36.6 Å². The number of aromatic nitrogens is 2. The van der Waals surface area contributed by atoms with Gasteiger partial charge >= 0.3 is 0 Å². The van der Waals surface area contributed by atoms with Crippen molar-refractivity contribution in [1.82, 2.24) is 9.97 Å². The molecule has 2 rings (SSSR count). The van der Waals surface area contributed by atoms with Gasteiger partial charge in [0.25, 0.3) is 0 Å². The maximum Gasteiger partial charge on any atom is 0.134 e. The van der Waals surface area contributed by atoms with Crippen molar-refractivity contribution in [2.75, 3.05) is 18.0 Å². The van der Waals surface area contributed by atoms with Crippen molar-refractivity contribution < 1.29 is 0 Å². The first-order chi connectivity index (χ1) is 8.56. The first-order valence-corrected chi connectivity index (χ1v) is 7.20. The van der Waals surface area contributed by atoms with Gasteiger partial charge in [-0.15, -0.1) is 0 Å². The Morgan fingerprint density at radius 1 is 1.28 bits per heavy atom. The molecule has 2 heterocycles. The summed E-state index contributed by atoms with van der Waals surface area (Å²) >= 11 is 6.01. The number of halogens is 1. The van der Waals surface area contributed by atoms with E-state index in [0.29, 0.717) is 5.15 Å². The molecular weight excluding hydrogens is 246 g/mol. The monoisotopic (exact) mass is 267 g/mol. The fourth-order valence-electron chi connectivity index (χ4n) is 2.70. The third-order valence-corrected chi connectivity index (χ3v) is 4.03. The van der Waals surface area contributed by atoms with Gasteiger partial charge in [-0.1, -0.05) is 25.4 Å². The number of hydrogen-bond acceptors (Lipinski definition) is 3. The molecular formula is C14H22ClN3.